The van der Waals surface area contributed by atoms with Crippen LogP contribution in [0.4, 0.5) is 5.69 Å². The summed E-state index contributed by atoms with van der Waals surface area (Å²) in [6, 6.07) is 12.9. The number of hydrazone groups is 1. The fourth-order valence-electron chi connectivity index (χ4n) is 2.02. The average Bonchev–Trinajstić information content (AvgIpc) is 3.03. The molecule has 1 aliphatic heterocycles. The van der Waals surface area contributed by atoms with E-state index >= 15 is 0 Å². The number of amides is 1. The Balaban J connectivity index is 1.53. The van der Waals surface area contributed by atoms with Gasteiger partial charge in [-0.3, -0.25) is 4.79 Å². The molecule has 2 N–H and O–H groups in total. The second-order valence-electron chi connectivity index (χ2n) is 4.75. The van der Waals surface area contributed by atoms with Crippen LogP contribution < -0.4 is 20.2 Å². The third-order valence-electron chi connectivity index (χ3n) is 3.08. The van der Waals surface area contributed by atoms with Crippen molar-refractivity contribution in [2.45, 2.75) is 0 Å². The quantitative estimate of drug-likeness (QED) is 0.652. The Labute approximate surface area is 138 Å². The van der Waals surface area contributed by atoms with Gasteiger partial charge in [0.05, 0.1) is 17.8 Å². The van der Waals surface area contributed by atoms with Crippen molar-refractivity contribution < 1.29 is 14.3 Å². The van der Waals surface area contributed by atoms with Crippen LogP contribution in [0.5, 0.6) is 11.5 Å². The third kappa shape index (κ3) is 3.92. The largest absolute Gasteiger partial charge is 0.454 e. The van der Waals surface area contributed by atoms with Crippen molar-refractivity contribution in [3.05, 3.63) is 53.1 Å². The first kappa shape index (κ1) is 15.2. The number of para-hydroxylation sites is 1. The van der Waals surface area contributed by atoms with E-state index in [1.807, 2.05) is 30.3 Å². The number of anilines is 1. The first-order chi connectivity index (χ1) is 11.2. The van der Waals surface area contributed by atoms with E-state index in [9.17, 15) is 4.79 Å². The molecule has 118 valence electrons. The summed E-state index contributed by atoms with van der Waals surface area (Å²) >= 11 is 6.07. The molecule has 1 amide bonds. The van der Waals surface area contributed by atoms with Crippen LogP contribution >= 0.6 is 11.6 Å². The molecule has 0 unspecified atom stereocenters. The number of hydrogen-bond acceptors (Lipinski definition) is 5. The molecule has 0 spiro atoms. The maximum atomic E-state index is 11.7. The molecule has 0 saturated heterocycles. The van der Waals surface area contributed by atoms with Gasteiger partial charge in [0, 0.05) is 5.69 Å². The van der Waals surface area contributed by atoms with Gasteiger partial charge in [0.25, 0.3) is 5.91 Å². The SMILES string of the molecule is O=C(CNc1ccccc1)N/N=C\c1cc(Cl)c2c(c1)OCO2. The second kappa shape index (κ2) is 7.02. The van der Waals surface area contributed by atoms with E-state index in [-0.39, 0.29) is 19.2 Å². The number of carbonyl (C=O) groups excluding carboxylic acids is 1. The number of benzene rings is 2. The van der Waals surface area contributed by atoms with E-state index in [0.717, 1.165) is 5.69 Å². The van der Waals surface area contributed by atoms with Crippen LogP contribution in [0.3, 0.4) is 0 Å². The van der Waals surface area contributed by atoms with Crippen molar-refractivity contribution in [1.82, 2.24) is 5.43 Å². The first-order valence-electron chi connectivity index (χ1n) is 6.92. The highest BCUT2D eigenvalue weighted by Gasteiger charge is 2.17. The molecule has 1 aliphatic rings. The highest BCUT2D eigenvalue weighted by molar-refractivity contribution is 6.32. The lowest BCUT2D eigenvalue weighted by Gasteiger charge is -2.04. The molecule has 0 saturated carbocycles. The summed E-state index contributed by atoms with van der Waals surface area (Å²) in [5.41, 5.74) is 4.02. The molecule has 7 heteroatoms. The Kier molecular flexibility index (Phi) is 4.63. The van der Waals surface area contributed by atoms with Gasteiger partial charge in [-0.15, -0.1) is 0 Å². The highest BCUT2D eigenvalue weighted by Crippen LogP contribution is 2.39. The van der Waals surface area contributed by atoms with Gasteiger partial charge in [-0.2, -0.15) is 5.10 Å². The number of hydrogen-bond donors (Lipinski definition) is 2. The van der Waals surface area contributed by atoms with E-state index < -0.39 is 0 Å². The van der Waals surface area contributed by atoms with Gasteiger partial charge in [-0.1, -0.05) is 29.8 Å². The first-order valence-corrected chi connectivity index (χ1v) is 7.30. The zero-order valence-corrected chi connectivity index (χ0v) is 12.8. The normalized spacial score (nSPS) is 12.4. The summed E-state index contributed by atoms with van der Waals surface area (Å²) in [5.74, 6) is 0.841. The van der Waals surface area contributed by atoms with Crippen LogP contribution in [0.1, 0.15) is 5.56 Å². The molecule has 23 heavy (non-hydrogen) atoms. The van der Waals surface area contributed by atoms with Crippen molar-refractivity contribution in [2.75, 3.05) is 18.7 Å². The molecule has 0 aromatic heterocycles. The predicted molar refractivity (Wildman–Crippen MR) is 88.2 cm³/mol. The summed E-state index contributed by atoms with van der Waals surface area (Å²) in [6.45, 7) is 0.279. The fourth-order valence-corrected chi connectivity index (χ4v) is 2.29. The summed E-state index contributed by atoms with van der Waals surface area (Å²) in [6.07, 6.45) is 1.49. The van der Waals surface area contributed by atoms with Gasteiger partial charge in [0.1, 0.15) is 0 Å². The number of halogens is 1. The molecular weight excluding hydrogens is 318 g/mol. The van der Waals surface area contributed by atoms with Gasteiger partial charge < -0.3 is 14.8 Å². The maximum absolute atomic E-state index is 11.7. The molecule has 1 heterocycles. The second-order valence-corrected chi connectivity index (χ2v) is 5.16. The van der Waals surface area contributed by atoms with Gasteiger partial charge in [0.15, 0.2) is 11.5 Å². The molecule has 2 aromatic rings. The Morgan fingerprint density at radius 3 is 2.91 bits per heavy atom. The van der Waals surface area contributed by atoms with Gasteiger partial charge >= 0.3 is 0 Å². The number of rotatable bonds is 5. The van der Waals surface area contributed by atoms with Crippen molar-refractivity contribution >= 4 is 29.4 Å². The number of nitrogens with zero attached hydrogens (tertiary/aromatic N) is 1. The molecule has 3 rings (SSSR count). The van der Waals surface area contributed by atoms with Gasteiger partial charge in [-0.25, -0.2) is 5.43 Å². The topological polar surface area (TPSA) is 72.0 Å². The minimum atomic E-state index is -0.253. The highest BCUT2D eigenvalue weighted by atomic mass is 35.5. The van der Waals surface area contributed by atoms with E-state index in [1.54, 1.807) is 12.1 Å². The summed E-state index contributed by atoms with van der Waals surface area (Å²) < 4.78 is 10.5. The van der Waals surface area contributed by atoms with Crippen LogP contribution in [-0.4, -0.2) is 25.5 Å². The monoisotopic (exact) mass is 331 g/mol. The lowest BCUT2D eigenvalue weighted by Crippen LogP contribution is -2.25. The van der Waals surface area contributed by atoms with Crippen LogP contribution in [0.15, 0.2) is 47.6 Å². The molecule has 0 fully saturated rings. The molecule has 0 atom stereocenters. The lowest BCUT2D eigenvalue weighted by atomic mass is 10.2. The van der Waals surface area contributed by atoms with Gasteiger partial charge in [-0.05, 0) is 29.8 Å². The summed E-state index contributed by atoms with van der Waals surface area (Å²) in [4.78, 5) is 11.7. The zero-order chi connectivity index (χ0) is 16.1. The number of fused-ring (bicyclic) bond motifs is 1. The van der Waals surface area contributed by atoms with Gasteiger partial charge in [0.2, 0.25) is 6.79 Å². The summed E-state index contributed by atoms with van der Waals surface area (Å²) in [7, 11) is 0. The van der Waals surface area contributed by atoms with Crippen LogP contribution in [0.2, 0.25) is 5.02 Å². The smallest absolute Gasteiger partial charge is 0.259 e. The Bertz CT molecular complexity index is 735. The molecule has 0 radical (unpaired) electrons. The lowest BCUT2D eigenvalue weighted by molar-refractivity contribution is -0.119. The molecule has 0 bridgehead atoms. The average molecular weight is 332 g/mol. The Morgan fingerprint density at radius 2 is 2.09 bits per heavy atom. The number of ether oxygens (including phenoxy) is 2. The number of nitrogens with one attached hydrogen (secondary N) is 2. The fraction of sp³-hybridized carbons (Fsp3) is 0.125. The van der Waals surface area contributed by atoms with Crippen LogP contribution in [-0.2, 0) is 4.79 Å². The van der Waals surface area contributed by atoms with E-state index in [2.05, 4.69) is 15.8 Å². The van der Waals surface area contributed by atoms with E-state index in [1.165, 1.54) is 6.21 Å². The van der Waals surface area contributed by atoms with Crippen LogP contribution in [0, 0.1) is 0 Å². The zero-order valence-electron chi connectivity index (χ0n) is 12.1. The van der Waals surface area contributed by atoms with Crippen molar-refractivity contribution in [3.8, 4) is 11.5 Å². The maximum Gasteiger partial charge on any atom is 0.259 e. The Morgan fingerprint density at radius 1 is 1.26 bits per heavy atom. The van der Waals surface area contributed by atoms with E-state index in [0.29, 0.717) is 22.1 Å². The van der Waals surface area contributed by atoms with Crippen molar-refractivity contribution in [2.24, 2.45) is 5.10 Å². The molecule has 0 aliphatic carbocycles. The summed E-state index contributed by atoms with van der Waals surface area (Å²) in [5, 5.41) is 7.34. The number of carbonyl (C=O) groups is 1. The van der Waals surface area contributed by atoms with Crippen molar-refractivity contribution in [3.63, 3.8) is 0 Å². The minimum absolute atomic E-state index is 0.128. The molecular formula is C16H14ClN3O3. The van der Waals surface area contributed by atoms with E-state index in [4.69, 9.17) is 21.1 Å². The standard InChI is InChI=1S/C16H14ClN3O3/c17-13-6-11(7-14-16(13)23-10-22-14)8-19-20-15(21)9-18-12-4-2-1-3-5-12/h1-8,18H,9-10H2,(H,20,21)/b19-8-. The third-order valence-corrected chi connectivity index (χ3v) is 3.36. The minimum Gasteiger partial charge on any atom is -0.454 e. The Hall–Kier alpha value is -2.73. The predicted octanol–water partition coefficient (Wildman–Crippen LogP) is 2.63. The van der Waals surface area contributed by atoms with Crippen LogP contribution in [0.25, 0.3) is 0 Å². The van der Waals surface area contributed by atoms with Crippen molar-refractivity contribution in [1.29, 1.82) is 0 Å². The molecule has 6 nitrogen and oxygen atoms in total. The molecule has 2 aromatic carbocycles.